The molecule has 0 saturated heterocycles. The summed E-state index contributed by atoms with van der Waals surface area (Å²) < 4.78 is 0. The molecular formula is C18H15N3O3S. The van der Waals surface area contributed by atoms with Crippen LogP contribution in [0.4, 0.5) is 11.4 Å². The molecule has 0 bridgehead atoms. The molecule has 3 rings (SSSR count). The van der Waals surface area contributed by atoms with Crippen molar-refractivity contribution in [3.8, 4) is 11.3 Å². The smallest absolute Gasteiger partial charge is 0.272 e. The Kier molecular flexibility index (Phi) is 4.58. The van der Waals surface area contributed by atoms with E-state index in [1.54, 1.807) is 30.4 Å². The number of anilines is 1. The summed E-state index contributed by atoms with van der Waals surface area (Å²) in [5.74, 6) is -0.310. The number of aryl methyl sites for hydroxylation is 2. The van der Waals surface area contributed by atoms with E-state index >= 15 is 0 Å². The lowest BCUT2D eigenvalue weighted by Gasteiger charge is -2.07. The maximum atomic E-state index is 12.3. The highest BCUT2D eigenvalue weighted by Crippen LogP contribution is 2.24. The number of amides is 1. The number of carbonyl (C=O) groups excluding carboxylic acids is 1. The standard InChI is InChI=1S/C18H15N3O3S/c1-11-9-14(5-8-17(11)21(23)24)18(22)20-15-6-3-13(4-7-15)16-10-25-12(2)19-16/h3-10H,1-2H3,(H,20,22). The molecule has 1 amide bonds. The summed E-state index contributed by atoms with van der Waals surface area (Å²) in [4.78, 5) is 27.1. The average Bonchev–Trinajstić information content (AvgIpc) is 3.01. The first-order valence-electron chi connectivity index (χ1n) is 7.53. The molecule has 3 aromatic rings. The molecule has 0 atom stereocenters. The first-order chi connectivity index (χ1) is 11.9. The van der Waals surface area contributed by atoms with Gasteiger partial charge in [0.25, 0.3) is 11.6 Å². The van der Waals surface area contributed by atoms with E-state index in [0.717, 1.165) is 16.3 Å². The second kappa shape index (κ2) is 6.82. The number of hydrogen-bond acceptors (Lipinski definition) is 5. The summed E-state index contributed by atoms with van der Waals surface area (Å²) in [6, 6.07) is 11.7. The van der Waals surface area contributed by atoms with Gasteiger partial charge in [-0.3, -0.25) is 14.9 Å². The van der Waals surface area contributed by atoms with Crippen LogP contribution >= 0.6 is 11.3 Å². The third-order valence-electron chi connectivity index (χ3n) is 3.71. The zero-order valence-electron chi connectivity index (χ0n) is 13.6. The number of rotatable bonds is 4. The van der Waals surface area contributed by atoms with Crippen molar-refractivity contribution in [2.24, 2.45) is 0 Å². The van der Waals surface area contributed by atoms with Gasteiger partial charge >= 0.3 is 0 Å². The number of thiazole rings is 1. The van der Waals surface area contributed by atoms with Gasteiger partial charge in [-0.05, 0) is 38.1 Å². The topological polar surface area (TPSA) is 85.1 Å². The fourth-order valence-electron chi connectivity index (χ4n) is 2.43. The van der Waals surface area contributed by atoms with Crippen molar-refractivity contribution in [2.45, 2.75) is 13.8 Å². The minimum Gasteiger partial charge on any atom is -0.322 e. The van der Waals surface area contributed by atoms with Crippen molar-refractivity contribution < 1.29 is 9.72 Å². The summed E-state index contributed by atoms with van der Waals surface area (Å²) in [5.41, 5.74) is 3.37. The highest BCUT2D eigenvalue weighted by molar-refractivity contribution is 7.09. The molecule has 1 heterocycles. The largest absolute Gasteiger partial charge is 0.322 e. The van der Waals surface area contributed by atoms with Crippen molar-refractivity contribution in [1.82, 2.24) is 4.98 Å². The van der Waals surface area contributed by atoms with Crippen LogP contribution in [0.2, 0.25) is 0 Å². The molecule has 2 aromatic carbocycles. The third kappa shape index (κ3) is 3.72. The molecule has 0 saturated carbocycles. The number of hydrogen-bond donors (Lipinski definition) is 1. The fraction of sp³-hybridized carbons (Fsp3) is 0.111. The lowest BCUT2D eigenvalue weighted by atomic mass is 10.1. The molecule has 126 valence electrons. The van der Waals surface area contributed by atoms with Crippen LogP contribution in [0.25, 0.3) is 11.3 Å². The first-order valence-corrected chi connectivity index (χ1v) is 8.41. The van der Waals surface area contributed by atoms with Crippen LogP contribution in [0.3, 0.4) is 0 Å². The van der Waals surface area contributed by atoms with Crippen molar-refractivity contribution >= 4 is 28.6 Å². The quantitative estimate of drug-likeness (QED) is 0.549. The predicted molar refractivity (Wildman–Crippen MR) is 98.1 cm³/mol. The van der Waals surface area contributed by atoms with E-state index < -0.39 is 4.92 Å². The van der Waals surface area contributed by atoms with Crippen molar-refractivity contribution in [3.05, 3.63) is 74.1 Å². The van der Waals surface area contributed by atoms with Gasteiger partial charge in [0.05, 0.1) is 15.6 Å². The minimum absolute atomic E-state index is 0.000501. The van der Waals surface area contributed by atoms with Gasteiger partial charge in [0.15, 0.2) is 0 Å². The van der Waals surface area contributed by atoms with Crippen LogP contribution < -0.4 is 5.32 Å². The predicted octanol–water partition coefficient (Wildman–Crippen LogP) is 4.59. The van der Waals surface area contributed by atoms with Gasteiger partial charge in [0, 0.05) is 33.8 Å². The number of nitro groups is 1. The molecule has 1 aromatic heterocycles. The van der Waals surface area contributed by atoms with Crippen molar-refractivity contribution in [1.29, 1.82) is 0 Å². The van der Waals surface area contributed by atoms with Crippen LogP contribution in [0.5, 0.6) is 0 Å². The third-order valence-corrected chi connectivity index (χ3v) is 4.49. The van der Waals surface area contributed by atoms with E-state index in [0.29, 0.717) is 16.8 Å². The summed E-state index contributed by atoms with van der Waals surface area (Å²) in [6.07, 6.45) is 0. The Morgan fingerprint density at radius 1 is 1.16 bits per heavy atom. The summed E-state index contributed by atoms with van der Waals surface area (Å²) in [6.45, 7) is 3.56. The average molecular weight is 353 g/mol. The summed E-state index contributed by atoms with van der Waals surface area (Å²) >= 11 is 1.59. The maximum absolute atomic E-state index is 12.3. The molecule has 7 heteroatoms. The molecule has 25 heavy (non-hydrogen) atoms. The Labute approximate surface area is 148 Å². The Bertz CT molecular complexity index is 948. The first kappa shape index (κ1) is 16.8. The van der Waals surface area contributed by atoms with E-state index in [1.165, 1.54) is 18.2 Å². The summed E-state index contributed by atoms with van der Waals surface area (Å²) in [7, 11) is 0. The van der Waals surface area contributed by atoms with Gasteiger partial charge in [0.2, 0.25) is 0 Å². The molecular weight excluding hydrogens is 338 g/mol. The monoisotopic (exact) mass is 353 g/mol. The van der Waals surface area contributed by atoms with Crippen molar-refractivity contribution in [3.63, 3.8) is 0 Å². The Balaban J connectivity index is 1.75. The molecule has 0 fully saturated rings. The zero-order chi connectivity index (χ0) is 18.0. The van der Waals surface area contributed by atoms with Gasteiger partial charge in [-0.2, -0.15) is 0 Å². The van der Waals surface area contributed by atoms with Gasteiger partial charge < -0.3 is 5.32 Å². The van der Waals surface area contributed by atoms with E-state index in [1.807, 2.05) is 24.4 Å². The number of aromatic nitrogens is 1. The highest BCUT2D eigenvalue weighted by atomic mass is 32.1. The van der Waals surface area contributed by atoms with Gasteiger partial charge in [-0.1, -0.05) is 12.1 Å². The normalized spacial score (nSPS) is 10.5. The van der Waals surface area contributed by atoms with E-state index in [-0.39, 0.29) is 11.6 Å². The lowest BCUT2D eigenvalue weighted by molar-refractivity contribution is -0.385. The molecule has 6 nitrogen and oxygen atoms in total. The number of benzene rings is 2. The highest BCUT2D eigenvalue weighted by Gasteiger charge is 2.14. The van der Waals surface area contributed by atoms with Gasteiger partial charge in [0.1, 0.15) is 0 Å². The van der Waals surface area contributed by atoms with Gasteiger partial charge in [-0.25, -0.2) is 4.98 Å². The minimum atomic E-state index is -0.462. The number of nitro benzene ring substituents is 1. The molecule has 0 spiro atoms. The second-order valence-corrected chi connectivity index (χ2v) is 6.60. The van der Waals surface area contributed by atoms with Crippen LogP contribution in [0.15, 0.2) is 47.8 Å². The molecule has 0 aliphatic heterocycles. The Hall–Kier alpha value is -3.06. The SMILES string of the molecule is Cc1nc(-c2ccc(NC(=O)c3ccc([N+](=O)[O-])c(C)c3)cc2)cs1. The second-order valence-electron chi connectivity index (χ2n) is 5.54. The lowest BCUT2D eigenvalue weighted by Crippen LogP contribution is -2.12. The maximum Gasteiger partial charge on any atom is 0.272 e. The fourth-order valence-corrected chi connectivity index (χ4v) is 3.05. The van der Waals surface area contributed by atoms with Crippen LogP contribution in [0.1, 0.15) is 20.9 Å². The van der Waals surface area contributed by atoms with Gasteiger partial charge in [-0.15, -0.1) is 11.3 Å². The van der Waals surface area contributed by atoms with E-state index in [2.05, 4.69) is 10.3 Å². The Morgan fingerprint density at radius 3 is 2.44 bits per heavy atom. The molecule has 0 radical (unpaired) electrons. The number of carbonyl (C=O) groups is 1. The van der Waals surface area contributed by atoms with Crippen LogP contribution in [0, 0.1) is 24.0 Å². The molecule has 0 aliphatic rings. The zero-order valence-corrected chi connectivity index (χ0v) is 14.5. The van der Waals surface area contributed by atoms with Crippen LogP contribution in [-0.2, 0) is 0 Å². The number of nitrogens with zero attached hydrogens (tertiary/aromatic N) is 2. The van der Waals surface area contributed by atoms with Crippen LogP contribution in [-0.4, -0.2) is 15.8 Å². The molecule has 0 aliphatic carbocycles. The van der Waals surface area contributed by atoms with E-state index in [9.17, 15) is 14.9 Å². The molecule has 0 unspecified atom stereocenters. The molecule has 1 N–H and O–H groups in total. The summed E-state index contributed by atoms with van der Waals surface area (Å²) in [5, 5.41) is 16.6. The number of nitrogens with one attached hydrogen (secondary N) is 1. The Morgan fingerprint density at radius 2 is 1.88 bits per heavy atom. The van der Waals surface area contributed by atoms with E-state index in [4.69, 9.17) is 0 Å². The van der Waals surface area contributed by atoms with Crippen molar-refractivity contribution in [2.75, 3.05) is 5.32 Å².